The van der Waals surface area contributed by atoms with Crippen molar-refractivity contribution in [2.75, 3.05) is 18.0 Å². The average molecular weight is 348 g/mol. The van der Waals surface area contributed by atoms with E-state index < -0.39 is 0 Å². The molecule has 1 atom stereocenters. The zero-order valence-corrected chi connectivity index (χ0v) is 15.1. The average Bonchev–Trinajstić information content (AvgIpc) is 3.03. The molecular formula is C22H24N2O2. The van der Waals surface area contributed by atoms with E-state index in [2.05, 4.69) is 13.0 Å². The highest BCUT2D eigenvalue weighted by Gasteiger charge is 2.36. The fraction of sp³-hybridized carbons (Fsp3) is 0.364. The molecule has 0 spiro atoms. The maximum atomic E-state index is 13.1. The Labute approximate surface area is 154 Å². The highest BCUT2D eigenvalue weighted by Crippen LogP contribution is 2.34. The second-order valence-electron chi connectivity index (χ2n) is 7.32. The van der Waals surface area contributed by atoms with Gasteiger partial charge >= 0.3 is 0 Å². The SMILES string of the molecule is C[C@H]1Cc2ccccc2N1C(=O)C1CCN(C(=O)c2ccccc2)CC1. The smallest absolute Gasteiger partial charge is 0.253 e. The number of rotatable bonds is 2. The van der Waals surface area contributed by atoms with Gasteiger partial charge in [0.25, 0.3) is 5.91 Å². The van der Waals surface area contributed by atoms with Gasteiger partial charge < -0.3 is 9.80 Å². The van der Waals surface area contributed by atoms with Gasteiger partial charge in [-0.25, -0.2) is 0 Å². The number of carbonyl (C=O) groups excluding carboxylic acids is 2. The number of benzene rings is 2. The van der Waals surface area contributed by atoms with Crippen molar-refractivity contribution >= 4 is 17.5 Å². The summed E-state index contributed by atoms with van der Waals surface area (Å²) in [5, 5.41) is 0. The summed E-state index contributed by atoms with van der Waals surface area (Å²) in [6.07, 6.45) is 2.40. The van der Waals surface area contributed by atoms with Crippen LogP contribution in [0.5, 0.6) is 0 Å². The third-order valence-corrected chi connectivity index (χ3v) is 5.60. The van der Waals surface area contributed by atoms with Crippen LogP contribution in [0.2, 0.25) is 0 Å². The molecule has 134 valence electrons. The van der Waals surface area contributed by atoms with E-state index in [1.165, 1.54) is 5.56 Å². The lowest BCUT2D eigenvalue weighted by molar-refractivity contribution is -0.124. The van der Waals surface area contributed by atoms with E-state index in [0.29, 0.717) is 13.1 Å². The van der Waals surface area contributed by atoms with E-state index in [1.54, 1.807) is 0 Å². The van der Waals surface area contributed by atoms with Gasteiger partial charge in [0.2, 0.25) is 5.91 Å². The van der Waals surface area contributed by atoms with Crippen LogP contribution in [0.3, 0.4) is 0 Å². The van der Waals surface area contributed by atoms with Gasteiger partial charge in [-0.1, -0.05) is 36.4 Å². The monoisotopic (exact) mass is 348 g/mol. The van der Waals surface area contributed by atoms with Gasteiger partial charge in [0.05, 0.1) is 0 Å². The number of para-hydroxylation sites is 1. The first kappa shape index (κ1) is 16.8. The molecule has 0 saturated carbocycles. The van der Waals surface area contributed by atoms with E-state index in [1.807, 2.05) is 58.3 Å². The van der Waals surface area contributed by atoms with Crippen molar-refractivity contribution < 1.29 is 9.59 Å². The number of carbonyl (C=O) groups is 2. The molecule has 0 bridgehead atoms. The predicted molar refractivity (Wildman–Crippen MR) is 102 cm³/mol. The number of hydrogen-bond donors (Lipinski definition) is 0. The Bertz CT molecular complexity index is 810. The minimum atomic E-state index is 0.00318. The fourth-order valence-electron chi connectivity index (χ4n) is 4.19. The Morgan fingerprint density at radius 1 is 0.923 bits per heavy atom. The lowest BCUT2D eigenvalue weighted by Gasteiger charge is -2.34. The van der Waals surface area contributed by atoms with Gasteiger partial charge in [0, 0.05) is 36.3 Å². The number of piperidine rings is 1. The largest absolute Gasteiger partial charge is 0.339 e. The van der Waals surface area contributed by atoms with Crippen LogP contribution in [-0.4, -0.2) is 35.8 Å². The van der Waals surface area contributed by atoms with Gasteiger partial charge in [0.1, 0.15) is 0 Å². The standard InChI is InChI=1S/C22H24N2O2/c1-16-15-19-9-5-6-10-20(19)24(16)22(26)18-11-13-23(14-12-18)21(25)17-7-3-2-4-8-17/h2-10,16,18H,11-15H2,1H3/t16-/m0/s1. The number of hydrogen-bond acceptors (Lipinski definition) is 2. The molecule has 2 aliphatic rings. The minimum absolute atomic E-state index is 0.00318. The molecule has 2 heterocycles. The van der Waals surface area contributed by atoms with Crippen molar-refractivity contribution in [2.45, 2.75) is 32.2 Å². The summed E-state index contributed by atoms with van der Waals surface area (Å²) in [4.78, 5) is 29.6. The van der Waals surface area contributed by atoms with Crippen LogP contribution in [0.4, 0.5) is 5.69 Å². The van der Waals surface area contributed by atoms with Crippen LogP contribution >= 0.6 is 0 Å². The van der Waals surface area contributed by atoms with Crippen molar-refractivity contribution in [3.05, 3.63) is 65.7 Å². The molecule has 0 aliphatic carbocycles. The summed E-state index contributed by atoms with van der Waals surface area (Å²) < 4.78 is 0. The molecule has 4 rings (SSSR count). The first-order valence-corrected chi connectivity index (χ1v) is 9.40. The fourth-order valence-corrected chi connectivity index (χ4v) is 4.19. The summed E-state index contributed by atoms with van der Waals surface area (Å²) in [7, 11) is 0. The Balaban J connectivity index is 1.42. The van der Waals surface area contributed by atoms with Crippen molar-refractivity contribution in [2.24, 2.45) is 5.92 Å². The number of nitrogens with zero attached hydrogens (tertiary/aromatic N) is 2. The molecule has 0 N–H and O–H groups in total. The maximum Gasteiger partial charge on any atom is 0.253 e. The van der Waals surface area contributed by atoms with Crippen molar-refractivity contribution in [3.8, 4) is 0 Å². The molecule has 0 radical (unpaired) electrons. The van der Waals surface area contributed by atoms with E-state index in [9.17, 15) is 9.59 Å². The van der Waals surface area contributed by atoms with Crippen molar-refractivity contribution in [1.29, 1.82) is 0 Å². The Hall–Kier alpha value is -2.62. The highest BCUT2D eigenvalue weighted by atomic mass is 16.2. The molecule has 26 heavy (non-hydrogen) atoms. The molecule has 2 aromatic rings. The lowest BCUT2D eigenvalue weighted by atomic mass is 9.94. The molecule has 1 saturated heterocycles. The van der Waals surface area contributed by atoms with E-state index >= 15 is 0 Å². The molecule has 0 aromatic heterocycles. The lowest BCUT2D eigenvalue weighted by Crippen LogP contribution is -2.46. The molecule has 4 heteroatoms. The predicted octanol–water partition coefficient (Wildman–Crippen LogP) is 3.52. The first-order chi connectivity index (χ1) is 12.6. The molecule has 2 amide bonds. The van der Waals surface area contributed by atoms with E-state index in [-0.39, 0.29) is 23.8 Å². The third-order valence-electron chi connectivity index (χ3n) is 5.60. The van der Waals surface area contributed by atoms with Crippen LogP contribution in [0, 0.1) is 5.92 Å². The third kappa shape index (κ3) is 3.00. The number of amides is 2. The van der Waals surface area contributed by atoms with E-state index in [4.69, 9.17) is 0 Å². The summed E-state index contributed by atoms with van der Waals surface area (Å²) in [5.41, 5.74) is 3.04. The van der Waals surface area contributed by atoms with Crippen LogP contribution in [0.15, 0.2) is 54.6 Å². The summed E-state index contributed by atoms with van der Waals surface area (Å²) in [6.45, 7) is 3.41. The first-order valence-electron chi connectivity index (χ1n) is 9.40. The number of fused-ring (bicyclic) bond motifs is 1. The van der Waals surface area contributed by atoms with Crippen LogP contribution in [0.25, 0.3) is 0 Å². The van der Waals surface area contributed by atoms with Crippen LogP contribution in [0.1, 0.15) is 35.7 Å². The maximum absolute atomic E-state index is 13.1. The molecule has 2 aromatic carbocycles. The normalized spacial score (nSPS) is 20.1. The number of anilines is 1. The van der Waals surface area contributed by atoms with Crippen LogP contribution < -0.4 is 4.90 Å². The minimum Gasteiger partial charge on any atom is -0.339 e. The summed E-state index contributed by atoms with van der Waals surface area (Å²) in [6, 6.07) is 17.8. The highest BCUT2D eigenvalue weighted by molar-refractivity contribution is 5.98. The van der Waals surface area contributed by atoms with Gasteiger partial charge in [-0.3, -0.25) is 9.59 Å². The molecule has 2 aliphatic heterocycles. The van der Waals surface area contributed by atoms with E-state index in [0.717, 1.165) is 30.5 Å². The zero-order chi connectivity index (χ0) is 18.1. The summed E-state index contributed by atoms with van der Waals surface area (Å²) in [5.74, 6) is 0.286. The van der Waals surface area contributed by atoms with Gasteiger partial charge in [-0.15, -0.1) is 0 Å². The van der Waals surface area contributed by atoms with Crippen molar-refractivity contribution in [3.63, 3.8) is 0 Å². The summed E-state index contributed by atoms with van der Waals surface area (Å²) >= 11 is 0. The van der Waals surface area contributed by atoms with Crippen LogP contribution in [-0.2, 0) is 11.2 Å². The van der Waals surface area contributed by atoms with Gasteiger partial charge in [-0.05, 0) is 49.9 Å². The van der Waals surface area contributed by atoms with Crippen molar-refractivity contribution in [1.82, 2.24) is 4.90 Å². The topological polar surface area (TPSA) is 40.6 Å². The molecule has 0 unspecified atom stereocenters. The molecular weight excluding hydrogens is 324 g/mol. The Morgan fingerprint density at radius 3 is 2.31 bits per heavy atom. The van der Waals surface area contributed by atoms with Gasteiger partial charge in [0.15, 0.2) is 0 Å². The van der Waals surface area contributed by atoms with Gasteiger partial charge in [-0.2, -0.15) is 0 Å². The second-order valence-corrected chi connectivity index (χ2v) is 7.32. The number of likely N-dealkylation sites (tertiary alicyclic amines) is 1. The molecule has 1 fully saturated rings. The second kappa shape index (κ2) is 6.94. The Morgan fingerprint density at radius 2 is 1.58 bits per heavy atom. The quantitative estimate of drug-likeness (QED) is 0.833. The Kier molecular flexibility index (Phi) is 4.49. The molecule has 4 nitrogen and oxygen atoms in total. The zero-order valence-electron chi connectivity index (χ0n) is 15.1.